The molecule has 1 aliphatic heterocycles. The Labute approximate surface area is 116 Å². The second-order valence-electron chi connectivity index (χ2n) is 4.55. The molecule has 4 N–H and O–H groups in total. The lowest BCUT2D eigenvalue weighted by Gasteiger charge is -2.32. The number of hydrogen-bond donors (Lipinski definition) is 3. The smallest absolute Gasteiger partial charge is 0.322 e. The highest BCUT2D eigenvalue weighted by Crippen LogP contribution is 2.18. The van der Waals surface area contributed by atoms with E-state index in [1.54, 1.807) is 24.3 Å². The van der Waals surface area contributed by atoms with Crippen LogP contribution in [0.25, 0.3) is 0 Å². The van der Waals surface area contributed by atoms with Crippen LogP contribution in [-0.2, 0) is 9.53 Å². The Morgan fingerprint density at radius 2 is 2.20 bits per heavy atom. The van der Waals surface area contributed by atoms with Crippen molar-refractivity contribution in [3.8, 4) is 0 Å². The zero-order valence-corrected chi connectivity index (χ0v) is 10.9. The molecule has 1 aromatic carbocycles. The first-order valence-corrected chi connectivity index (χ1v) is 6.30. The van der Waals surface area contributed by atoms with Gasteiger partial charge >= 0.3 is 12.0 Å². The lowest BCUT2D eigenvalue weighted by Crippen LogP contribution is -2.47. The number of carbonyl (C=O) groups excluding carboxylic acids is 1. The van der Waals surface area contributed by atoms with Gasteiger partial charge in [0, 0.05) is 13.1 Å². The number of urea groups is 1. The summed E-state index contributed by atoms with van der Waals surface area (Å²) in [5.74, 6) is -0.940. The second kappa shape index (κ2) is 6.25. The molecule has 1 saturated heterocycles. The average Bonchev–Trinajstić information content (AvgIpc) is 2.41. The Kier molecular flexibility index (Phi) is 4.41. The van der Waals surface area contributed by atoms with Crippen LogP contribution in [0.5, 0.6) is 0 Å². The summed E-state index contributed by atoms with van der Waals surface area (Å²) in [6.07, 6.45) is -0.586. The predicted molar refractivity (Wildman–Crippen MR) is 73.4 cm³/mol. The van der Waals surface area contributed by atoms with Gasteiger partial charge in [0.05, 0.1) is 30.5 Å². The molecule has 1 unspecified atom stereocenters. The van der Waals surface area contributed by atoms with E-state index >= 15 is 0 Å². The number of ether oxygens (including phenoxy) is 1. The Morgan fingerprint density at radius 1 is 1.45 bits per heavy atom. The van der Waals surface area contributed by atoms with Crippen molar-refractivity contribution in [3.63, 3.8) is 0 Å². The van der Waals surface area contributed by atoms with Crippen LogP contribution in [-0.4, -0.2) is 47.8 Å². The fourth-order valence-corrected chi connectivity index (χ4v) is 2.03. The summed E-state index contributed by atoms with van der Waals surface area (Å²) in [4.78, 5) is 24.3. The van der Waals surface area contributed by atoms with E-state index in [9.17, 15) is 9.59 Å². The number of aliphatic carboxylic acids is 1. The maximum atomic E-state index is 12.1. The number of morpholine rings is 1. The molecule has 7 nitrogen and oxygen atoms in total. The summed E-state index contributed by atoms with van der Waals surface area (Å²) in [5, 5.41) is 11.5. The highest BCUT2D eigenvalue weighted by molar-refractivity contribution is 5.92. The standard InChI is InChI=1S/C13H17N3O4/c14-10-3-1-2-4-11(10)15-13(19)16-5-6-20-9(8-16)7-12(17)18/h1-4,9H,5-8,14H2,(H,15,19)(H,17,18). The van der Waals surface area contributed by atoms with E-state index in [0.29, 0.717) is 24.5 Å². The van der Waals surface area contributed by atoms with Gasteiger partial charge in [-0.2, -0.15) is 0 Å². The van der Waals surface area contributed by atoms with E-state index in [4.69, 9.17) is 15.6 Å². The van der Waals surface area contributed by atoms with Crippen molar-refractivity contribution >= 4 is 23.4 Å². The maximum absolute atomic E-state index is 12.1. The molecule has 1 heterocycles. The van der Waals surface area contributed by atoms with Gasteiger partial charge in [-0.1, -0.05) is 12.1 Å². The van der Waals surface area contributed by atoms with Crippen LogP contribution in [0.15, 0.2) is 24.3 Å². The van der Waals surface area contributed by atoms with Crippen molar-refractivity contribution < 1.29 is 19.4 Å². The van der Waals surface area contributed by atoms with Crippen LogP contribution < -0.4 is 11.1 Å². The monoisotopic (exact) mass is 279 g/mol. The minimum absolute atomic E-state index is 0.114. The van der Waals surface area contributed by atoms with Crippen molar-refractivity contribution in [2.24, 2.45) is 0 Å². The van der Waals surface area contributed by atoms with Gasteiger partial charge in [0.15, 0.2) is 0 Å². The van der Waals surface area contributed by atoms with Gasteiger partial charge in [-0.3, -0.25) is 4.79 Å². The lowest BCUT2D eigenvalue weighted by atomic mass is 10.2. The summed E-state index contributed by atoms with van der Waals surface area (Å²) in [6, 6.07) is 6.66. The third kappa shape index (κ3) is 3.61. The van der Waals surface area contributed by atoms with Gasteiger partial charge < -0.3 is 25.8 Å². The molecule has 20 heavy (non-hydrogen) atoms. The van der Waals surface area contributed by atoms with Crippen molar-refractivity contribution in [1.29, 1.82) is 0 Å². The zero-order chi connectivity index (χ0) is 14.5. The van der Waals surface area contributed by atoms with E-state index in [2.05, 4.69) is 5.32 Å². The molecule has 1 aliphatic rings. The highest BCUT2D eigenvalue weighted by atomic mass is 16.5. The van der Waals surface area contributed by atoms with Gasteiger partial charge in [0.2, 0.25) is 0 Å². The molecule has 1 fully saturated rings. The number of rotatable bonds is 3. The molecule has 1 atom stereocenters. The van der Waals surface area contributed by atoms with Gasteiger partial charge in [0.1, 0.15) is 0 Å². The third-order valence-corrected chi connectivity index (χ3v) is 3.03. The summed E-state index contributed by atoms with van der Waals surface area (Å²) < 4.78 is 5.32. The maximum Gasteiger partial charge on any atom is 0.322 e. The number of amides is 2. The zero-order valence-electron chi connectivity index (χ0n) is 10.9. The number of carboxylic acids is 1. The molecule has 0 bridgehead atoms. The highest BCUT2D eigenvalue weighted by Gasteiger charge is 2.26. The molecule has 1 aromatic rings. The fourth-order valence-electron chi connectivity index (χ4n) is 2.03. The Hall–Kier alpha value is -2.28. The number of hydrogen-bond acceptors (Lipinski definition) is 4. The first-order chi connectivity index (χ1) is 9.56. The number of benzene rings is 1. The van der Waals surface area contributed by atoms with Crippen LogP contribution in [0.3, 0.4) is 0 Å². The van der Waals surface area contributed by atoms with Gasteiger partial charge in [-0.05, 0) is 12.1 Å². The molecule has 2 rings (SSSR count). The molecule has 0 saturated carbocycles. The number of para-hydroxylation sites is 2. The normalized spacial score (nSPS) is 18.6. The van der Waals surface area contributed by atoms with Crippen LogP contribution in [0.4, 0.5) is 16.2 Å². The van der Waals surface area contributed by atoms with E-state index < -0.39 is 12.1 Å². The van der Waals surface area contributed by atoms with Crippen molar-refractivity contribution in [3.05, 3.63) is 24.3 Å². The number of nitrogens with one attached hydrogen (secondary N) is 1. The summed E-state index contributed by atoms with van der Waals surface area (Å²) >= 11 is 0. The molecular formula is C13H17N3O4. The van der Waals surface area contributed by atoms with E-state index in [0.717, 1.165) is 0 Å². The molecule has 2 amide bonds. The molecule has 0 aliphatic carbocycles. The lowest BCUT2D eigenvalue weighted by molar-refractivity contribution is -0.141. The number of nitrogens with two attached hydrogens (primary N) is 1. The number of anilines is 2. The Morgan fingerprint density at radius 3 is 2.90 bits per heavy atom. The van der Waals surface area contributed by atoms with E-state index in [1.807, 2.05) is 0 Å². The van der Waals surface area contributed by atoms with Crippen LogP contribution in [0.2, 0.25) is 0 Å². The topological polar surface area (TPSA) is 105 Å². The minimum atomic E-state index is -0.940. The Bertz CT molecular complexity index is 506. The first-order valence-electron chi connectivity index (χ1n) is 6.30. The molecule has 0 radical (unpaired) electrons. The van der Waals surface area contributed by atoms with Gasteiger partial charge in [0.25, 0.3) is 0 Å². The van der Waals surface area contributed by atoms with Crippen LogP contribution in [0, 0.1) is 0 Å². The summed E-state index contributed by atoms with van der Waals surface area (Å²) in [6.45, 7) is 1.01. The number of nitrogens with zero attached hydrogens (tertiary/aromatic N) is 1. The quantitative estimate of drug-likeness (QED) is 0.715. The van der Waals surface area contributed by atoms with Crippen molar-refractivity contribution in [1.82, 2.24) is 4.90 Å². The fraction of sp³-hybridized carbons (Fsp3) is 0.385. The SMILES string of the molecule is Nc1ccccc1NC(=O)N1CCOC(CC(=O)O)C1. The predicted octanol–water partition coefficient (Wildman–Crippen LogP) is 0.976. The molecule has 7 heteroatoms. The first kappa shape index (κ1) is 14.1. The largest absolute Gasteiger partial charge is 0.481 e. The molecular weight excluding hydrogens is 262 g/mol. The minimum Gasteiger partial charge on any atom is -0.481 e. The number of carbonyl (C=O) groups is 2. The van der Waals surface area contributed by atoms with Gasteiger partial charge in [-0.25, -0.2) is 4.79 Å². The van der Waals surface area contributed by atoms with E-state index in [1.165, 1.54) is 4.90 Å². The van der Waals surface area contributed by atoms with Crippen molar-refractivity contribution in [2.75, 3.05) is 30.7 Å². The second-order valence-corrected chi connectivity index (χ2v) is 4.55. The molecule has 0 aromatic heterocycles. The van der Waals surface area contributed by atoms with Gasteiger partial charge in [-0.15, -0.1) is 0 Å². The number of nitrogen functional groups attached to an aromatic ring is 1. The van der Waals surface area contributed by atoms with Crippen LogP contribution in [0.1, 0.15) is 6.42 Å². The number of carboxylic acid groups (broad SMARTS) is 1. The summed E-state index contributed by atoms with van der Waals surface area (Å²) in [7, 11) is 0. The van der Waals surface area contributed by atoms with E-state index in [-0.39, 0.29) is 19.0 Å². The van der Waals surface area contributed by atoms with Crippen LogP contribution >= 0.6 is 0 Å². The third-order valence-electron chi connectivity index (χ3n) is 3.03. The Balaban J connectivity index is 1.95. The summed E-state index contributed by atoms with van der Waals surface area (Å²) in [5.41, 5.74) is 6.78. The molecule has 0 spiro atoms. The average molecular weight is 279 g/mol. The van der Waals surface area contributed by atoms with Crippen molar-refractivity contribution in [2.45, 2.75) is 12.5 Å². The molecule has 108 valence electrons.